The van der Waals surface area contributed by atoms with Crippen molar-refractivity contribution in [2.75, 3.05) is 19.5 Å². The summed E-state index contributed by atoms with van der Waals surface area (Å²) in [6.07, 6.45) is 0.857. The van der Waals surface area contributed by atoms with Crippen LogP contribution in [0.1, 0.15) is 5.56 Å². The molecular weight excluding hydrogens is 245 g/mol. The Morgan fingerprint density at radius 3 is 2.47 bits per heavy atom. The lowest BCUT2D eigenvalue weighted by atomic mass is 10.1. The molecule has 0 spiro atoms. The Morgan fingerprint density at radius 2 is 1.84 bits per heavy atom. The number of methoxy groups -OCH3 is 1. The third-order valence-electron chi connectivity index (χ3n) is 2.72. The van der Waals surface area contributed by atoms with Crippen molar-refractivity contribution in [2.24, 2.45) is 0 Å². The van der Waals surface area contributed by atoms with E-state index >= 15 is 0 Å². The van der Waals surface area contributed by atoms with Gasteiger partial charge in [0.2, 0.25) is 0 Å². The zero-order valence-electron chi connectivity index (χ0n) is 10.7. The molecule has 0 bridgehead atoms. The van der Waals surface area contributed by atoms with Crippen LogP contribution in [0.15, 0.2) is 42.5 Å². The van der Waals surface area contributed by atoms with Gasteiger partial charge in [-0.1, -0.05) is 12.1 Å². The minimum Gasteiger partial charge on any atom is -0.455 e. The van der Waals surface area contributed by atoms with E-state index in [1.165, 1.54) is 23.8 Å². The average Bonchev–Trinajstić information content (AvgIpc) is 2.41. The van der Waals surface area contributed by atoms with Crippen molar-refractivity contribution in [2.45, 2.75) is 6.42 Å². The summed E-state index contributed by atoms with van der Waals surface area (Å²) in [7, 11) is 1.68. The SMILES string of the molecule is COCCc1ccc(Oc2ccc(F)cc2N)cc1. The van der Waals surface area contributed by atoms with Crippen molar-refractivity contribution in [3.63, 3.8) is 0 Å². The van der Waals surface area contributed by atoms with Crippen molar-refractivity contribution in [3.8, 4) is 11.5 Å². The summed E-state index contributed by atoms with van der Waals surface area (Å²) in [6, 6.07) is 11.7. The first-order valence-electron chi connectivity index (χ1n) is 6.00. The number of anilines is 1. The third-order valence-corrected chi connectivity index (χ3v) is 2.72. The molecule has 0 aliphatic rings. The monoisotopic (exact) mass is 261 g/mol. The Balaban J connectivity index is 2.06. The number of halogens is 1. The Kier molecular flexibility index (Phi) is 4.36. The lowest BCUT2D eigenvalue weighted by Gasteiger charge is -2.09. The second kappa shape index (κ2) is 6.20. The summed E-state index contributed by atoms with van der Waals surface area (Å²) in [5.74, 6) is 0.741. The summed E-state index contributed by atoms with van der Waals surface area (Å²) in [6.45, 7) is 0.686. The minimum absolute atomic E-state index is 0.281. The topological polar surface area (TPSA) is 44.5 Å². The first-order valence-corrected chi connectivity index (χ1v) is 6.00. The lowest BCUT2D eigenvalue weighted by Crippen LogP contribution is -1.95. The highest BCUT2D eigenvalue weighted by molar-refractivity contribution is 5.54. The number of hydrogen-bond acceptors (Lipinski definition) is 3. The molecule has 2 aromatic carbocycles. The van der Waals surface area contributed by atoms with Gasteiger partial charge in [-0.05, 0) is 36.2 Å². The summed E-state index contributed by atoms with van der Waals surface area (Å²) < 4.78 is 23.5. The van der Waals surface area contributed by atoms with Gasteiger partial charge in [0.1, 0.15) is 11.6 Å². The molecule has 19 heavy (non-hydrogen) atoms. The summed E-state index contributed by atoms with van der Waals surface area (Å²) in [5, 5.41) is 0. The van der Waals surface area contributed by atoms with E-state index in [1.807, 2.05) is 24.3 Å². The summed E-state index contributed by atoms with van der Waals surface area (Å²) >= 11 is 0. The highest BCUT2D eigenvalue weighted by Gasteiger charge is 2.03. The molecule has 4 heteroatoms. The normalized spacial score (nSPS) is 10.4. The molecule has 0 aliphatic heterocycles. The quantitative estimate of drug-likeness (QED) is 0.839. The maximum Gasteiger partial charge on any atom is 0.150 e. The fourth-order valence-corrected chi connectivity index (χ4v) is 1.68. The molecule has 0 atom stereocenters. The van der Waals surface area contributed by atoms with Gasteiger partial charge < -0.3 is 15.2 Å². The molecule has 2 aromatic rings. The largest absolute Gasteiger partial charge is 0.455 e. The fraction of sp³-hybridized carbons (Fsp3) is 0.200. The highest BCUT2D eigenvalue weighted by Crippen LogP contribution is 2.27. The van der Waals surface area contributed by atoms with Crippen molar-refractivity contribution in [3.05, 3.63) is 53.8 Å². The maximum absolute atomic E-state index is 12.9. The van der Waals surface area contributed by atoms with Gasteiger partial charge in [0.25, 0.3) is 0 Å². The second-order valence-electron chi connectivity index (χ2n) is 4.17. The molecule has 0 saturated heterocycles. The summed E-state index contributed by atoms with van der Waals surface area (Å²) in [4.78, 5) is 0. The molecule has 0 heterocycles. The number of ether oxygens (including phenoxy) is 2. The molecule has 0 aromatic heterocycles. The first kappa shape index (κ1) is 13.4. The Bertz CT molecular complexity index is 540. The first-order chi connectivity index (χ1) is 9.19. The molecule has 3 nitrogen and oxygen atoms in total. The van der Waals surface area contributed by atoms with E-state index in [9.17, 15) is 4.39 Å². The van der Waals surface area contributed by atoms with Crippen LogP contribution in [0.25, 0.3) is 0 Å². The molecule has 0 amide bonds. The fourth-order valence-electron chi connectivity index (χ4n) is 1.68. The van der Waals surface area contributed by atoms with E-state index in [1.54, 1.807) is 7.11 Å². The molecular formula is C15H16FNO2. The van der Waals surface area contributed by atoms with E-state index in [4.69, 9.17) is 15.2 Å². The number of hydrogen-bond donors (Lipinski definition) is 1. The molecule has 2 rings (SSSR count). The molecule has 0 aliphatic carbocycles. The van der Waals surface area contributed by atoms with Crippen LogP contribution >= 0.6 is 0 Å². The van der Waals surface area contributed by atoms with Crippen molar-refractivity contribution in [1.29, 1.82) is 0 Å². The number of nitrogen functional groups attached to an aromatic ring is 1. The van der Waals surface area contributed by atoms with Crippen LogP contribution in [0.2, 0.25) is 0 Å². The number of rotatable bonds is 5. The Labute approximate surface area is 111 Å². The van der Waals surface area contributed by atoms with E-state index < -0.39 is 0 Å². The molecule has 100 valence electrons. The van der Waals surface area contributed by atoms with Crippen LogP contribution in [0.5, 0.6) is 11.5 Å². The molecule has 0 fully saturated rings. The van der Waals surface area contributed by atoms with Gasteiger partial charge in [-0.2, -0.15) is 0 Å². The zero-order chi connectivity index (χ0) is 13.7. The minimum atomic E-state index is -0.375. The lowest BCUT2D eigenvalue weighted by molar-refractivity contribution is 0.202. The van der Waals surface area contributed by atoms with Crippen LogP contribution in [0.3, 0.4) is 0 Å². The van der Waals surface area contributed by atoms with Crippen LogP contribution in [-0.4, -0.2) is 13.7 Å². The maximum atomic E-state index is 12.9. The van der Waals surface area contributed by atoms with Crippen LogP contribution in [0.4, 0.5) is 10.1 Å². The van der Waals surface area contributed by atoms with Crippen molar-refractivity contribution >= 4 is 5.69 Å². The van der Waals surface area contributed by atoms with Gasteiger partial charge in [0, 0.05) is 13.2 Å². The van der Waals surface area contributed by atoms with Crippen molar-refractivity contribution in [1.82, 2.24) is 0 Å². The predicted molar refractivity (Wildman–Crippen MR) is 72.9 cm³/mol. The summed E-state index contributed by atoms with van der Waals surface area (Å²) in [5.41, 5.74) is 7.13. The molecule has 0 unspecified atom stereocenters. The molecule has 0 radical (unpaired) electrons. The van der Waals surface area contributed by atoms with Gasteiger partial charge in [-0.3, -0.25) is 0 Å². The van der Waals surface area contributed by atoms with Gasteiger partial charge in [-0.25, -0.2) is 4.39 Å². The van der Waals surface area contributed by atoms with Gasteiger partial charge in [0.05, 0.1) is 12.3 Å². The Hall–Kier alpha value is -2.07. The molecule has 0 saturated carbocycles. The number of benzene rings is 2. The second-order valence-corrected chi connectivity index (χ2v) is 4.17. The van der Waals surface area contributed by atoms with Crippen LogP contribution in [-0.2, 0) is 11.2 Å². The smallest absolute Gasteiger partial charge is 0.150 e. The average molecular weight is 261 g/mol. The van der Waals surface area contributed by atoms with E-state index in [2.05, 4.69) is 0 Å². The van der Waals surface area contributed by atoms with E-state index in [-0.39, 0.29) is 11.5 Å². The standard InChI is InChI=1S/C15H16FNO2/c1-18-9-8-11-2-5-13(6-3-11)19-15-7-4-12(16)10-14(15)17/h2-7,10H,8-9,17H2,1H3. The van der Waals surface area contributed by atoms with E-state index in [0.29, 0.717) is 18.1 Å². The van der Waals surface area contributed by atoms with Crippen LogP contribution in [0, 0.1) is 5.82 Å². The number of nitrogens with two attached hydrogens (primary N) is 1. The highest BCUT2D eigenvalue weighted by atomic mass is 19.1. The van der Waals surface area contributed by atoms with Gasteiger partial charge in [-0.15, -0.1) is 0 Å². The van der Waals surface area contributed by atoms with Gasteiger partial charge >= 0.3 is 0 Å². The van der Waals surface area contributed by atoms with E-state index in [0.717, 1.165) is 6.42 Å². The third kappa shape index (κ3) is 3.69. The predicted octanol–water partition coefficient (Wildman–Crippen LogP) is 3.39. The Morgan fingerprint density at radius 1 is 1.11 bits per heavy atom. The zero-order valence-corrected chi connectivity index (χ0v) is 10.7. The molecule has 2 N–H and O–H groups in total. The van der Waals surface area contributed by atoms with Gasteiger partial charge in [0.15, 0.2) is 5.75 Å². The van der Waals surface area contributed by atoms with Crippen molar-refractivity contribution < 1.29 is 13.9 Å². The van der Waals surface area contributed by atoms with Crippen LogP contribution < -0.4 is 10.5 Å².